The van der Waals surface area contributed by atoms with Crippen molar-refractivity contribution < 1.29 is 9.21 Å². The van der Waals surface area contributed by atoms with E-state index in [1.165, 1.54) is 11.3 Å². The molecule has 9 heteroatoms. The second-order valence-electron chi connectivity index (χ2n) is 7.13. The number of carbonyl (C=O) groups excluding carboxylic acids is 1. The number of halogens is 1. The van der Waals surface area contributed by atoms with Crippen LogP contribution in [0.15, 0.2) is 51.2 Å². The van der Waals surface area contributed by atoms with E-state index in [1.54, 1.807) is 24.5 Å². The Labute approximate surface area is 187 Å². The first-order valence-corrected chi connectivity index (χ1v) is 11.0. The molecule has 0 bridgehead atoms. The number of benzene rings is 1. The topological polar surface area (TPSA) is 91.2 Å². The largest absolute Gasteiger partial charge is 0.464 e. The minimum absolute atomic E-state index is 0.159. The third-order valence-corrected chi connectivity index (χ3v) is 6.05. The smallest absolute Gasteiger partial charge is 0.260 e. The highest BCUT2D eigenvalue weighted by molar-refractivity contribution is 7.17. The molecule has 0 fully saturated rings. The number of rotatable bonds is 7. The van der Waals surface area contributed by atoms with Gasteiger partial charge in [0.1, 0.15) is 16.4 Å². The van der Waals surface area contributed by atoms with Gasteiger partial charge in [0, 0.05) is 21.7 Å². The van der Waals surface area contributed by atoms with Crippen LogP contribution in [0.1, 0.15) is 18.3 Å². The number of hydrogen-bond acceptors (Lipinski definition) is 6. The third kappa shape index (κ3) is 4.71. The molecular formula is C22H21ClN4O3S. The van der Waals surface area contributed by atoms with E-state index in [9.17, 15) is 9.59 Å². The van der Waals surface area contributed by atoms with Crippen molar-refractivity contribution >= 4 is 44.7 Å². The van der Waals surface area contributed by atoms with Gasteiger partial charge in [0.15, 0.2) is 0 Å². The van der Waals surface area contributed by atoms with Gasteiger partial charge in [-0.2, -0.15) is 0 Å². The van der Waals surface area contributed by atoms with Crippen LogP contribution in [0.2, 0.25) is 5.02 Å². The fourth-order valence-corrected chi connectivity index (χ4v) is 4.41. The number of nitrogens with zero attached hydrogens (tertiary/aromatic N) is 2. The Kier molecular flexibility index (Phi) is 6.22. The summed E-state index contributed by atoms with van der Waals surface area (Å²) in [5.74, 6) is 0.986. The Balaban J connectivity index is 1.50. The normalized spacial score (nSPS) is 11.4. The molecular weight excluding hydrogens is 436 g/mol. The van der Waals surface area contributed by atoms with E-state index >= 15 is 0 Å². The summed E-state index contributed by atoms with van der Waals surface area (Å²) in [6, 6.07) is 8.96. The summed E-state index contributed by atoms with van der Waals surface area (Å²) in [5, 5.41) is 5.84. The van der Waals surface area contributed by atoms with Crippen LogP contribution < -0.4 is 10.9 Å². The summed E-state index contributed by atoms with van der Waals surface area (Å²) < 4.78 is 5.43. The van der Waals surface area contributed by atoms with Crippen molar-refractivity contribution in [3.8, 4) is 11.3 Å². The van der Waals surface area contributed by atoms with Crippen LogP contribution in [0.3, 0.4) is 0 Å². The zero-order chi connectivity index (χ0) is 22.0. The molecule has 1 amide bonds. The molecule has 0 radical (unpaired) electrons. The fourth-order valence-electron chi connectivity index (χ4n) is 3.29. The van der Waals surface area contributed by atoms with Gasteiger partial charge >= 0.3 is 0 Å². The molecule has 0 aliphatic heterocycles. The number of furan rings is 1. The number of aromatic nitrogens is 2. The van der Waals surface area contributed by atoms with E-state index in [0.29, 0.717) is 45.6 Å². The van der Waals surface area contributed by atoms with Gasteiger partial charge in [-0.3, -0.25) is 14.5 Å². The van der Waals surface area contributed by atoms with Gasteiger partial charge in [0.05, 0.1) is 24.7 Å². The number of thiophene rings is 1. The first kappa shape index (κ1) is 21.3. The number of carbonyl (C=O) groups is 1. The maximum Gasteiger partial charge on any atom is 0.260 e. The second-order valence-corrected chi connectivity index (χ2v) is 8.42. The van der Waals surface area contributed by atoms with Crippen LogP contribution in [-0.4, -0.2) is 33.9 Å². The Morgan fingerprint density at radius 3 is 2.94 bits per heavy atom. The molecule has 0 saturated carbocycles. The number of aryl methyl sites for hydroxylation is 1. The Bertz CT molecular complexity index is 1280. The molecule has 0 saturated heterocycles. The monoisotopic (exact) mass is 456 g/mol. The highest BCUT2D eigenvalue weighted by Crippen LogP contribution is 2.30. The Morgan fingerprint density at radius 1 is 1.35 bits per heavy atom. The third-order valence-electron chi connectivity index (χ3n) is 4.94. The molecule has 0 aliphatic carbocycles. The number of anilines is 1. The van der Waals surface area contributed by atoms with Gasteiger partial charge in [-0.1, -0.05) is 24.6 Å². The average molecular weight is 457 g/mol. The predicted molar refractivity (Wildman–Crippen MR) is 124 cm³/mol. The lowest BCUT2D eigenvalue weighted by molar-refractivity contribution is -0.117. The SMILES string of the molecule is CCN(CC(=O)Nc1cc(Cl)ccc1C)Cc1nc2scc(-c3ccco3)c2c(=O)[nH]1. The van der Waals surface area contributed by atoms with Crippen molar-refractivity contribution in [3.05, 3.63) is 68.7 Å². The van der Waals surface area contributed by atoms with Crippen LogP contribution in [0.4, 0.5) is 5.69 Å². The quantitative estimate of drug-likeness (QED) is 0.421. The lowest BCUT2D eigenvalue weighted by atomic mass is 10.2. The van der Waals surface area contributed by atoms with Gasteiger partial charge in [0.25, 0.3) is 5.56 Å². The molecule has 0 unspecified atom stereocenters. The maximum atomic E-state index is 12.7. The van der Waals surface area contributed by atoms with E-state index in [-0.39, 0.29) is 18.0 Å². The van der Waals surface area contributed by atoms with Crippen molar-refractivity contribution in [2.24, 2.45) is 0 Å². The van der Waals surface area contributed by atoms with Crippen LogP contribution in [0, 0.1) is 6.92 Å². The fraction of sp³-hybridized carbons (Fsp3) is 0.227. The molecule has 4 rings (SSSR count). The summed E-state index contributed by atoms with van der Waals surface area (Å²) >= 11 is 7.42. The van der Waals surface area contributed by atoms with Crippen LogP contribution >= 0.6 is 22.9 Å². The first-order chi connectivity index (χ1) is 14.9. The van der Waals surface area contributed by atoms with Crippen LogP contribution in [0.5, 0.6) is 0 Å². The molecule has 0 spiro atoms. The lowest BCUT2D eigenvalue weighted by Gasteiger charge is -2.19. The van der Waals surface area contributed by atoms with Crippen molar-refractivity contribution in [3.63, 3.8) is 0 Å². The van der Waals surface area contributed by atoms with E-state index in [0.717, 1.165) is 11.1 Å². The van der Waals surface area contributed by atoms with E-state index in [4.69, 9.17) is 16.0 Å². The number of amides is 1. The zero-order valence-electron chi connectivity index (χ0n) is 17.1. The van der Waals surface area contributed by atoms with Gasteiger partial charge in [-0.25, -0.2) is 4.98 Å². The van der Waals surface area contributed by atoms with Crippen molar-refractivity contribution in [2.45, 2.75) is 20.4 Å². The highest BCUT2D eigenvalue weighted by Gasteiger charge is 2.17. The Morgan fingerprint density at radius 2 is 2.19 bits per heavy atom. The number of fused-ring (bicyclic) bond motifs is 1. The van der Waals surface area contributed by atoms with Gasteiger partial charge in [0.2, 0.25) is 5.91 Å². The molecule has 160 valence electrons. The summed E-state index contributed by atoms with van der Waals surface area (Å²) in [6.45, 7) is 4.98. The number of likely N-dealkylation sites (N-methyl/N-ethyl adjacent to an activating group) is 1. The molecule has 7 nitrogen and oxygen atoms in total. The van der Waals surface area contributed by atoms with Gasteiger partial charge < -0.3 is 14.7 Å². The Hall–Kier alpha value is -2.94. The van der Waals surface area contributed by atoms with Crippen molar-refractivity contribution in [1.82, 2.24) is 14.9 Å². The minimum Gasteiger partial charge on any atom is -0.464 e. The molecule has 1 aromatic carbocycles. The standard InChI is InChI=1S/C22H21ClN4O3S/c1-3-27(11-19(28)24-16-9-14(23)7-6-13(16)2)10-18-25-21(29)20-15(12-31-22(20)26-18)17-5-4-8-30-17/h4-9,12H,3,10-11H2,1-2H3,(H,24,28)(H,25,26,29). The predicted octanol–water partition coefficient (Wildman–Crippen LogP) is 4.67. The number of H-pyrrole nitrogens is 1. The second kappa shape index (κ2) is 9.05. The molecule has 0 aliphatic rings. The van der Waals surface area contributed by atoms with Crippen molar-refractivity contribution in [2.75, 3.05) is 18.4 Å². The average Bonchev–Trinajstić information content (AvgIpc) is 3.40. The van der Waals surface area contributed by atoms with Crippen LogP contribution in [0.25, 0.3) is 21.5 Å². The van der Waals surface area contributed by atoms with E-state index in [2.05, 4.69) is 15.3 Å². The molecule has 31 heavy (non-hydrogen) atoms. The summed E-state index contributed by atoms with van der Waals surface area (Å²) in [6.07, 6.45) is 1.57. The number of nitrogens with one attached hydrogen (secondary N) is 2. The highest BCUT2D eigenvalue weighted by atomic mass is 35.5. The van der Waals surface area contributed by atoms with Gasteiger partial charge in [-0.15, -0.1) is 11.3 Å². The molecule has 0 atom stereocenters. The van der Waals surface area contributed by atoms with Gasteiger partial charge in [-0.05, 0) is 43.3 Å². The molecule has 3 heterocycles. The summed E-state index contributed by atoms with van der Waals surface area (Å²) in [4.78, 5) is 35.3. The molecule has 2 N–H and O–H groups in total. The maximum absolute atomic E-state index is 12.7. The lowest BCUT2D eigenvalue weighted by Crippen LogP contribution is -2.34. The molecule has 3 aromatic heterocycles. The first-order valence-electron chi connectivity index (χ1n) is 9.77. The number of aromatic amines is 1. The number of hydrogen-bond donors (Lipinski definition) is 2. The molecule has 4 aromatic rings. The summed E-state index contributed by atoms with van der Waals surface area (Å²) in [5.41, 5.74) is 2.13. The van der Waals surface area contributed by atoms with E-state index < -0.39 is 0 Å². The van der Waals surface area contributed by atoms with Crippen molar-refractivity contribution in [1.29, 1.82) is 0 Å². The van der Waals surface area contributed by atoms with Crippen LogP contribution in [-0.2, 0) is 11.3 Å². The minimum atomic E-state index is -0.220. The summed E-state index contributed by atoms with van der Waals surface area (Å²) in [7, 11) is 0. The zero-order valence-corrected chi connectivity index (χ0v) is 18.6. The van der Waals surface area contributed by atoms with E-state index in [1.807, 2.05) is 36.3 Å².